The zero-order valence-electron chi connectivity index (χ0n) is 38.7. The van der Waals surface area contributed by atoms with Crippen LogP contribution in [-0.2, 0) is 33.8 Å². The molecule has 12 heteroatoms. The number of hydrogen-bond donors (Lipinski definition) is 2. The average molecular weight is 893 g/mol. The third-order valence-electron chi connectivity index (χ3n) is 13.1. The first-order valence-corrected chi connectivity index (χ1v) is 23.6. The van der Waals surface area contributed by atoms with Crippen molar-refractivity contribution in [3.8, 4) is 22.6 Å². The van der Waals surface area contributed by atoms with Crippen molar-refractivity contribution < 1.29 is 47.5 Å². The molecule has 2 aliphatic heterocycles. The molecule has 2 fully saturated rings. The van der Waals surface area contributed by atoms with Gasteiger partial charge in [0.05, 0.1) is 58.3 Å². The minimum Gasteiger partial charge on any atom is -0.490 e. The van der Waals surface area contributed by atoms with Crippen molar-refractivity contribution in [2.75, 3.05) is 79.2 Å². The molecule has 4 aromatic rings. The first kappa shape index (κ1) is 47.8. The molecular weight excluding hydrogens is 825 g/mol. The lowest BCUT2D eigenvalue weighted by molar-refractivity contribution is -0.156. The van der Waals surface area contributed by atoms with Crippen LogP contribution in [0.3, 0.4) is 0 Å². The number of carbonyl (C=O) groups is 2. The molecule has 2 amide bonds. The van der Waals surface area contributed by atoms with E-state index in [0.29, 0.717) is 64.2 Å². The van der Waals surface area contributed by atoms with E-state index in [4.69, 9.17) is 37.9 Å². The van der Waals surface area contributed by atoms with Crippen molar-refractivity contribution in [3.63, 3.8) is 0 Å². The molecule has 7 rings (SSSR count). The lowest BCUT2D eigenvalue weighted by Gasteiger charge is -2.40. The number of ether oxygens (including phenoxy) is 8. The summed E-state index contributed by atoms with van der Waals surface area (Å²) in [5, 5.41) is 5.69. The topological polar surface area (TPSA) is 132 Å². The van der Waals surface area contributed by atoms with E-state index in [1.165, 1.54) is 22.3 Å². The van der Waals surface area contributed by atoms with Gasteiger partial charge in [-0.2, -0.15) is 0 Å². The van der Waals surface area contributed by atoms with Crippen LogP contribution in [0.2, 0.25) is 0 Å². The lowest BCUT2D eigenvalue weighted by atomic mass is 9.68. The molecule has 2 atom stereocenters. The number of fused-ring (bicyclic) bond motifs is 3. The maximum Gasteiger partial charge on any atom is 0.407 e. The fraction of sp³-hybridized carbons (Fsp3) is 0.509. The molecule has 0 spiro atoms. The predicted molar refractivity (Wildman–Crippen MR) is 250 cm³/mol. The van der Waals surface area contributed by atoms with Crippen LogP contribution >= 0.6 is 0 Å². The fourth-order valence-electron chi connectivity index (χ4n) is 8.73. The molecule has 0 aromatic heterocycles. The van der Waals surface area contributed by atoms with Gasteiger partial charge in [0.15, 0.2) is 12.2 Å². The number of benzene rings is 4. The van der Waals surface area contributed by atoms with Crippen molar-refractivity contribution in [3.05, 3.63) is 119 Å². The highest BCUT2D eigenvalue weighted by atomic mass is 16.6. The zero-order chi connectivity index (χ0) is 45.5. The molecule has 3 aliphatic rings. The highest BCUT2D eigenvalue weighted by Crippen LogP contribution is 2.56. The molecule has 2 N–H and O–H groups in total. The van der Waals surface area contributed by atoms with E-state index < -0.39 is 29.8 Å². The number of hydrogen-bond acceptors (Lipinski definition) is 10. The molecule has 1 aliphatic carbocycles. The Morgan fingerprint density at radius 3 is 1.31 bits per heavy atom. The standard InChI is InChI=1S/C53H68N2O10/c1-5-9-27-54-49(56)64-43(29-58-33-51(7-3)35-60-36-51)31-62-41-23-19-39(20-24-41)53(47-17-13-11-15-45(47)46-16-12-14-18-48(46)53)40-21-25-42(26-22-40)63-32-44(65-50(57)55-28-10-6-2)30-59-34-52(8-4)37-61-38-52/h11-26,43-44H,5-10,27-38H2,1-4H3,(H,54,56)(H,55,57). The smallest absolute Gasteiger partial charge is 0.407 e. The third kappa shape index (κ3) is 11.5. The summed E-state index contributed by atoms with van der Waals surface area (Å²) in [5.74, 6) is 1.30. The van der Waals surface area contributed by atoms with Crippen molar-refractivity contribution in [2.45, 2.75) is 83.8 Å². The minimum atomic E-state index is -0.655. The van der Waals surface area contributed by atoms with Gasteiger partial charge in [-0.1, -0.05) is 113 Å². The normalized spacial score (nSPS) is 17.0. The minimum absolute atomic E-state index is 0.00911. The summed E-state index contributed by atoms with van der Waals surface area (Å²) >= 11 is 0. The van der Waals surface area contributed by atoms with Gasteiger partial charge in [-0.05, 0) is 83.3 Å². The van der Waals surface area contributed by atoms with E-state index in [9.17, 15) is 9.59 Å². The number of unbranched alkanes of at least 4 members (excludes halogenated alkanes) is 2. The van der Waals surface area contributed by atoms with Crippen LogP contribution in [0.15, 0.2) is 97.1 Å². The van der Waals surface area contributed by atoms with E-state index in [2.05, 4.69) is 111 Å². The van der Waals surface area contributed by atoms with Crippen molar-refractivity contribution in [1.29, 1.82) is 0 Å². The van der Waals surface area contributed by atoms with Crippen LogP contribution in [0.4, 0.5) is 9.59 Å². The van der Waals surface area contributed by atoms with Gasteiger partial charge in [-0.15, -0.1) is 0 Å². The summed E-state index contributed by atoms with van der Waals surface area (Å²) in [6.45, 7) is 14.0. The van der Waals surface area contributed by atoms with Crippen LogP contribution in [-0.4, -0.2) is 104 Å². The van der Waals surface area contributed by atoms with Gasteiger partial charge in [-0.3, -0.25) is 0 Å². The SMILES string of the molecule is CCCCNC(=O)OC(COCC1(CC)COC1)COc1ccc(C2(c3ccc(OCC(COCC4(CC)COC4)OC(=O)NCCCC)cc3)c3ccccc3-c3ccccc32)cc1. The highest BCUT2D eigenvalue weighted by molar-refractivity contribution is 5.86. The van der Waals surface area contributed by atoms with Crippen LogP contribution in [0.1, 0.15) is 88.5 Å². The Hall–Kier alpha value is -5.14. The van der Waals surface area contributed by atoms with Crippen molar-refractivity contribution in [1.82, 2.24) is 10.6 Å². The molecular formula is C53H68N2O10. The third-order valence-corrected chi connectivity index (χ3v) is 13.1. The number of rotatable bonds is 26. The molecule has 12 nitrogen and oxygen atoms in total. The van der Waals surface area contributed by atoms with Gasteiger partial charge in [0.1, 0.15) is 24.7 Å². The predicted octanol–water partition coefficient (Wildman–Crippen LogP) is 9.48. The van der Waals surface area contributed by atoms with Crippen molar-refractivity contribution >= 4 is 12.2 Å². The van der Waals surface area contributed by atoms with Gasteiger partial charge in [0.25, 0.3) is 0 Å². The van der Waals surface area contributed by atoms with Crippen LogP contribution < -0.4 is 20.1 Å². The second-order valence-corrected chi connectivity index (χ2v) is 17.9. The maximum absolute atomic E-state index is 12.7. The quantitative estimate of drug-likeness (QED) is 0.0518. The second-order valence-electron chi connectivity index (χ2n) is 17.9. The molecule has 2 unspecified atom stereocenters. The van der Waals surface area contributed by atoms with Gasteiger partial charge in [0.2, 0.25) is 0 Å². The van der Waals surface area contributed by atoms with E-state index >= 15 is 0 Å². The van der Waals surface area contributed by atoms with E-state index in [0.717, 1.165) is 49.7 Å². The molecule has 65 heavy (non-hydrogen) atoms. The Labute approximate surface area is 384 Å². The summed E-state index contributed by atoms with van der Waals surface area (Å²) < 4.78 is 47.5. The first-order chi connectivity index (χ1) is 31.8. The number of alkyl carbamates (subject to hydrolysis) is 2. The Balaban J connectivity index is 1.09. The number of amides is 2. The van der Waals surface area contributed by atoms with E-state index in [-0.39, 0.29) is 37.3 Å². The molecule has 2 heterocycles. The Morgan fingerprint density at radius 2 is 0.954 bits per heavy atom. The molecule has 2 saturated heterocycles. The zero-order valence-corrected chi connectivity index (χ0v) is 38.7. The van der Waals surface area contributed by atoms with Crippen LogP contribution in [0.25, 0.3) is 11.1 Å². The maximum atomic E-state index is 12.7. The Morgan fingerprint density at radius 1 is 0.554 bits per heavy atom. The first-order valence-electron chi connectivity index (χ1n) is 23.6. The monoisotopic (exact) mass is 892 g/mol. The van der Waals surface area contributed by atoms with Gasteiger partial charge < -0.3 is 48.5 Å². The summed E-state index contributed by atoms with van der Waals surface area (Å²) in [6.07, 6.45) is 3.41. The summed E-state index contributed by atoms with van der Waals surface area (Å²) in [6, 6.07) is 33.6. The second kappa shape index (κ2) is 22.9. The Bertz CT molecular complexity index is 1960. The summed E-state index contributed by atoms with van der Waals surface area (Å²) in [4.78, 5) is 25.5. The van der Waals surface area contributed by atoms with Crippen molar-refractivity contribution in [2.24, 2.45) is 10.8 Å². The highest BCUT2D eigenvalue weighted by Gasteiger charge is 2.46. The summed E-state index contributed by atoms with van der Waals surface area (Å²) in [5.41, 5.74) is 6.19. The average Bonchev–Trinajstić information content (AvgIpc) is 3.60. The Kier molecular flexibility index (Phi) is 16.8. The molecule has 4 aromatic carbocycles. The molecule has 0 saturated carbocycles. The van der Waals surface area contributed by atoms with Gasteiger partial charge in [-0.25, -0.2) is 9.59 Å². The fourth-order valence-corrected chi connectivity index (χ4v) is 8.73. The van der Waals surface area contributed by atoms with E-state index in [1.807, 2.05) is 24.3 Å². The largest absolute Gasteiger partial charge is 0.490 e. The molecule has 0 bridgehead atoms. The van der Waals surface area contributed by atoms with E-state index in [1.54, 1.807) is 0 Å². The number of carbonyl (C=O) groups excluding carboxylic acids is 2. The van der Waals surface area contributed by atoms with Gasteiger partial charge >= 0.3 is 12.2 Å². The van der Waals surface area contributed by atoms with Crippen LogP contribution in [0.5, 0.6) is 11.5 Å². The molecule has 0 radical (unpaired) electrons. The van der Waals surface area contributed by atoms with Crippen LogP contribution in [0, 0.1) is 10.8 Å². The number of nitrogens with one attached hydrogen (secondary N) is 2. The molecule has 350 valence electrons. The summed E-state index contributed by atoms with van der Waals surface area (Å²) in [7, 11) is 0. The lowest BCUT2D eigenvalue weighted by Crippen LogP contribution is -2.46. The van der Waals surface area contributed by atoms with Gasteiger partial charge in [0, 0.05) is 23.9 Å².